The molecule has 0 radical (unpaired) electrons. The van der Waals surface area contributed by atoms with Gasteiger partial charge in [0.15, 0.2) is 0 Å². The van der Waals surface area contributed by atoms with Crippen LogP contribution in [0.2, 0.25) is 0 Å². The third kappa shape index (κ3) is 33.4. The summed E-state index contributed by atoms with van der Waals surface area (Å²) in [6, 6.07) is -9.62. The van der Waals surface area contributed by atoms with E-state index >= 15 is 0 Å². The topological polar surface area (TPSA) is 755 Å². The number of aliphatic carboxylic acids is 3. The van der Waals surface area contributed by atoms with E-state index in [1.54, 1.807) is 44.2 Å². The van der Waals surface area contributed by atoms with E-state index in [1.165, 1.54) is 12.1 Å². The molecular weight excluding hydrogens is 1590 g/mol. The summed E-state index contributed by atoms with van der Waals surface area (Å²) in [5.41, 5.74) is 23.1. The van der Waals surface area contributed by atoms with Gasteiger partial charge in [0.1, 0.15) is 78.3 Å². The molecule has 2 aliphatic heterocycles. The van der Waals surface area contributed by atoms with Gasteiger partial charge in [0.05, 0.1) is 37.8 Å². The minimum Gasteiger partial charge on any atom is -0.481 e. The van der Waals surface area contributed by atoms with Crippen molar-refractivity contribution in [1.82, 2.24) is 68.3 Å². The van der Waals surface area contributed by atoms with Gasteiger partial charge < -0.3 is 126 Å². The van der Waals surface area contributed by atoms with Crippen LogP contribution in [0.25, 0.3) is 0 Å². The second-order valence-corrected chi connectivity index (χ2v) is 29.7. The van der Waals surface area contributed by atoms with Crippen molar-refractivity contribution in [2.24, 2.45) is 28.9 Å². The number of phosphoric ester groups is 1. The smallest absolute Gasteiger partial charge is 0.481 e. The lowest BCUT2D eigenvalue weighted by Crippen LogP contribution is -2.63. The molecule has 0 unspecified atom stereocenters. The molecule has 0 aliphatic carbocycles. The fraction of sp³-hybridized carbons (Fsp3) is 0.563. The van der Waals surface area contributed by atoms with Crippen molar-refractivity contribution in [3.8, 4) is 5.75 Å². The van der Waals surface area contributed by atoms with Crippen LogP contribution in [0.15, 0.2) is 54.6 Å². The number of phosphoric acid groups is 1. The summed E-state index contributed by atoms with van der Waals surface area (Å²) in [5.74, 6) is -23.4. The molecule has 118 heavy (non-hydrogen) atoms. The summed E-state index contributed by atoms with van der Waals surface area (Å²) in [5, 5.41) is 85.4. The lowest BCUT2D eigenvalue weighted by molar-refractivity contribution is -0.144. The van der Waals surface area contributed by atoms with Gasteiger partial charge >= 0.3 is 25.7 Å². The molecule has 2 saturated heterocycles. The number of primary amides is 3. The van der Waals surface area contributed by atoms with Gasteiger partial charge in [-0.15, -0.1) is 0 Å². The van der Waals surface area contributed by atoms with Crippen molar-refractivity contribution in [2.75, 3.05) is 26.2 Å². The van der Waals surface area contributed by atoms with Gasteiger partial charge in [-0.3, -0.25) is 96.1 Å². The van der Waals surface area contributed by atoms with E-state index in [0.29, 0.717) is 5.56 Å². The zero-order valence-electron chi connectivity index (χ0n) is 64.9. The number of hydrogen-bond donors (Lipinski definition) is 23. The van der Waals surface area contributed by atoms with Gasteiger partial charge in [-0.05, 0) is 107 Å². The molecule has 2 aliphatic rings. The lowest BCUT2D eigenvalue weighted by atomic mass is 10.0. The zero-order chi connectivity index (χ0) is 88.6. The van der Waals surface area contributed by atoms with Crippen molar-refractivity contribution in [3.05, 3.63) is 65.7 Å². The van der Waals surface area contributed by atoms with E-state index in [1.807, 2.05) is 0 Å². The number of aliphatic hydroxyl groups excluding tert-OH is 3. The van der Waals surface area contributed by atoms with E-state index in [4.69, 9.17) is 22.9 Å². The van der Waals surface area contributed by atoms with E-state index in [2.05, 4.69) is 63.0 Å². The number of nitrogens with two attached hydrogens (primary N) is 4. The summed E-state index contributed by atoms with van der Waals surface area (Å²) < 4.78 is 16.3. The molecule has 16 amide bonds. The number of aliphatic hydroxyl groups is 3. The molecule has 2 fully saturated rings. The Kier molecular flexibility index (Phi) is 39.6. The average molecular weight is 1690 g/mol. The fourth-order valence-corrected chi connectivity index (χ4v) is 12.8. The molecule has 652 valence electrons. The second kappa shape index (κ2) is 47.4. The molecule has 46 nitrogen and oxygen atoms in total. The number of amides is 16. The van der Waals surface area contributed by atoms with Gasteiger partial charge in [0.2, 0.25) is 94.5 Å². The van der Waals surface area contributed by atoms with Crippen LogP contribution in [0.1, 0.15) is 129 Å². The molecule has 2 heterocycles. The van der Waals surface area contributed by atoms with E-state index in [0.717, 1.165) is 35.8 Å². The summed E-state index contributed by atoms with van der Waals surface area (Å²) in [4.78, 5) is 275. The maximum atomic E-state index is 14.8. The van der Waals surface area contributed by atoms with Gasteiger partial charge in [0.25, 0.3) is 0 Å². The number of hydrogen-bond acceptors (Lipinski definition) is 25. The number of rotatable bonds is 50. The first kappa shape index (κ1) is 98.5. The minimum absolute atomic E-state index is 0.0136. The number of nitrogens with one attached hydrogen (secondary N) is 11. The van der Waals surface area contributed by atoms with Crippen LogP contribution in [0.4, 0.5) is 0 Å². The molecule has 2 aromatic carbocycles. The number of carbonyl (C=O) groups excluding carboxylic acids is 16. The van der Waals surface area contributed by atoms with Crippen LogP contribution in [-0.4, -0.2) is 280 Å². The van der Waals surface area contributed by atoms with Crippen molar-refractivity contribution in [2.45, 2.75) is 221 Å². The molecule has 2 aromatic rings. The van der Waals surface area contributed by atoms with Crippen LogP contribution < -0.4 is 85.9 Å². The maximum absolute atomic E-state index is 14.8. The summed E-state index contributed by atoms with van der Waals surface area (Å²) in [6.45, 7) is 2.78. The number of carbonyl (C=O) groups is 19. The zero-order valence-corrected chi connectivity index (χ0v) is 65.8. The molecule has 0 aromatic heterocycles. The molecule has 27 N–H and O–H groups in total. The highest BCUT2D eigenvalue weighted by atomic mass is 31.2. The Bertz CT molecular complexity index is 4000. The largest absolute Gasteiger partial charge is 0.524 e. The molecule has 47 heteroatoms. The van der Waals surface area contributed by atoms with Crippen LogP contribution in [0, 0.1) is 5.92 Å². The molecular formula is C71H104N17O29P. The number of likely N-dealkylation sites (tertiary alicyclic amines) is 2. The average Bonchev–Trinajstić information content (AvgIpc) is 1.61. The molecule has 0 saturated carbocycles. The number of nitrogens with zero attached hydrogens (tertiary/aromatic N) is 2. The highest BCUT2D eigenvalue weighted by Crippen LogP contribution is 2.37. The predicted octanol–water partition coefficient (Wildman–Crippen LogP) is -8.76. The fourth-order valence-electron chi connectivity index (χ4n) is 12.4. The summed E-state index contributed by atoms with van der Waals surface area (Å²) in [7, 11) is -5.15. The van der Waals surface area contributed by atoms with Crippen molar-refractivity contribution in [1.29, 1.82) is 0 Å². The van der Waals surface area contributed by atoms with Crippen molar-refractivity contribution >= 4 is 120 Å². The minimum atomic E-state index is -5.15. The van der Waals surface area contributed by atoms with Gasteiger partial charge in [-0.2, -0.15) is 0 Å². The SMILES string of the molecule is CC(C)C[C@H](NC(=O)[C@H](CC(N)=O)NC(=O)[C@H](CCC(=O)O)NC(=O)CNC(=O)[C@@H]1CCCN1C(=O)[C@H](CCC(N)=O)NC(=O)[C@@H](Cc1ccc(OP(=O)(O)O)cc1)NC(=O)[C@H](CCC(N)=O)NC(=O)[C@@H]1CCCN1C(=O)[C@H](CCC(=O)O)NC(=O)[C@@H](NC(=O)[C@H](CO)NC(=O)[C@@H](NC(=O)[C@@H](N)Cc1ccccc1)[C@@H](C)O)[C@@H](C)O)C(=O)O. The maximum Gasteiger partial charge on any atom is 0.524 e. The number of benzene rings is 2. The Balaban J connectivity index is 1.60. The van der Waals surface area contributed by atoms with E-state index < -0.39 is 288 Å². The first-order chi connectivity index (χ1) is 55.3. The monoisotopic (exact) mass is 1690 g/mol. The van der Waals surface area contributed by atoms with Gasteiger partial charge in [0, 0.05) is 45.2 Å². The highest BCUT2D eigenvalue weighted by molar-refractivity contribution is 7.46. The Morgan fingerprint density at radius 3 is 1.36 bits per heavy atom. The van der Waals surface area contributed by atoms with Gasteiger partial charge in [-0.25, -0.2) is 9.36 Å². The third-order valence-electron chi connectivity index (χ3n) is 18.4. The Morgan fingerprint density at radius 2 is 0.890 bits per heavy atom. The van der Waals surface area contributed by atoms with Crippen molar-refractivity contribution < 1.29 is 141 Å². The first-order valence-electron chi connectivity index (χ1n) is 37.3. The predicted molar refractivity (Wildman–Crippen MR) is 405 cm³/mol. The van der Waals surface area contributed by atoms with Gasteiger partial charge in [-0.1, -0.05) is 56.3 Å². The highest BCUT2D eigenvalue weighted by Gasteiger charge is 2.44. The Labute approximate surface area is 674 Å². The lowest BCUT2D eigenvalue weighted by Gasteiger charge is -2.31. The molecule has 0 spiro atoms. The Hall–Kier alpha value is -11.8. The van der Waals surface area contributed by atoms with E-state index in [9.17, 15) is 136 Å². The third-order valence-corrected chi connectivity index (χ3v) is 18.9. The summed E-state index contributed by atoms with van der Waals surface area (Å²) >= 11 is 0. The molecule has 15 atom stereocenters. The summed E-state index contributed by atoms with van der Waals surface area (Å²) in [6.07, 6.45) is -10.7. The second-order valence-electron chi connectivity index (χ2n) is 28.5. The molecule has 0 bridgehead atoms. The van der Waals surface area contributed by atoms with Crippen molar-refractivity contribution in [3.63, 3.8) is 0 Å². The first-order valence-corrected chi connectivity index (χ1v) is 38.9. The normalized spacial score (nSPS) is 17.1. The number of carboxylic acids is 3. The Morgan fingerprint density at radius 1 is 0.475 bits per heavy atom. The molecule has 4 rings (SSSR count). The van der Waals surface area contributed by atoms with Crippen LogP contribution in [0.5, 0.6) is 5.75 Å². The van der Waals surface area contributed by atoms with Crippen LogP contribution in [-0.2, 0) is 109 Å². The number of carboxylic acid groups (broad SMARTS) is 3. The standard InChI is InChI=1S/C71H104N17O29P/c1-34(2)28-47(71(112)113)83-63(104)46(31-53(75)94)82-60(101)41(20-24-55(96)97)77-54(95)32-76-65(106)49-12-8-26-87(49)69(110)43(19-23-52(74)93)79-62(103)45(30-38-14-16-39(17-15-38)117-118(114,115)116)81-61(102)42(18-22-51(73)92)78-66(107)50-13-9-27-88(50)70(111)44(21-25-56(98)99)80-67(108)58(36(4)91)86-64(105)48(33-89)84-68(109)57(35(3)90)85-59(100)40(72)29-37-10-6-5-7-11-37/h5-7,10-11,14-17,34-36,40-50,57-58,89-91H,8-9,12-13,18-33,72H2,1-4H3,(H2,73,92)(H2,74,93)(H2,75,94)(H,76,106)(H,77,95)(H,78,107)(H,79,103)(H,80,108)(H,81,102)(H,82,101)(H,83,104)(H,84,109)(H,85,100)(H,86,105)(H,96,97)(H,98,99)(H,112,113)(H2,114,115,116)/t35-,36-,40+,41+,42+,43+,44+,45-,46+,47+,48+,49+,50+,57+,58+/m1/s1. The van der Waals surface area contributed by atoms with Crippen LogP contribution >= 0.6 is 7.82 Å². The quantitative estimate of drug-likeness (QED) is 0.0274. The van der Waals surface area contributed by atoms with E-state index in [-0.39, 0.29) is 68.8 Å². The van der Waals surface area contributed by atoms with Crippen LogP contribution in [0.3, 0.4) is 0 Å².